The van der Waals surface area contributed by atoms with E-state index in [1.54, 1.807) is 72.8 Å². The molecular formula is C25H24BrN3O4. The van der Waals surface area contributed by atoms with Crippen molar-refractivity contribution in [3.63, 3.8) is 0 Å². The van der Waals surface area contributed by atoms with Crippen molar-refractivity contribution in [3.8, 4) is 0 Å². The van der Waals surface area contributed by atoms with Gasteiger partial charge in [0, 0.05) is 16.5 Å². The van der Waals surface area contributed by atoms with Crippen LogP contribution in [0.4, 0.5) is 0 Å². The molecule has 33 heavy (non-hydrogen) atoms. The lowest BCUT2D eigenvalue weighted by atomic mass is 9.99. The second-order valence-corrected chi connectivity index (χ2v) is 8.29. The van der Waals surface area contributed by atoms with Crippen molar-refractivity contribution in [3.05, 3.63) is 106 Å². The first-order valence-corrected chi connectivity index (χ1v) is 11.1. The number of aliphatic hydroxyl groups excluding tert-OH is 1. The van der Waals surface area contributed by atoms with Crippen molar-refractivity contribution in [2.75, 3.05) is 0 Å². The van der Waals surface area contributed by atoms with Gasteiger partial charge in [-0.05, 0) is 29.3 Å². The third-order valence-corrected chi connectivity index (χ3v) is 5.88. The van der Waals surface area contributed by atoms with Gasteiger partial charge in [0.05, 0.1) is 6.04 Å². The van der Waals surface area contributed by atoms with E-state index in [1.165, 1.54) is 0 Å². The summed E-state index contributed by atoms with van der Waals surface area (Å²) in [5.74, 6) is -2.01. The first-order chi connectivity index (χ1) is 15.9. The minimum atomic E-state index is -1.67. The average Bonchev–Trinajstić information content (AvgIpc) is 2.83. The van der Waals surface area contributed by atoms with Gasteiger partial charge >= 0.3 is 0 Å². The van der Waals surface area contributed by atoms with E-state index in [9.17, 15) is 19.5 Å². The van der Waals surface area contributed by atoms with Crippen LogP contribution < -0.4 is 16.4 Å². The Morgan fingerprint density at radius 1 is 0.848 bits per heavy atom. The highest BCUT2D eigenvalue weighted by Crippen LogP contribution is 2.20. The smallest absolute Gasteiger partial charge is 0.252 e. The second kappa shape index (κ2) is 11.4. The summed E-state index contributed by atoms with van der Waals surface area (Å²) in [4.78, 5) is 37.7. The number of carbonyl (C=O) groups excluding carboxylic acids is 3. The summed E-state index contributed by atoms with van der Waals surface area (Å²) in [6.45, 7) is 0. The molecule has 0 aromatic heterocycles. The number of carbonyl (C=O) groups is 3. The van der Waals surface area contributed by atoms with Crippen molar-refractivity contribution in [2.45, 2.75) is 24.6 Å². The van der Waals surface area contributed by atoms with Crippen molar-refractivity contribution < 1.29 is 19.5 Å². The van der Waals surface area contributed by atoms with Gasteiger partial charge in [0.25, 0.3) is 11.8 Å². The summed E-state index contributed by atoms with van der Waals surface area (Å²) in [5.41, 5.74) is 7.20. The molecule has 0 saturated heterocycles. The Kier molecular flexibility index (Phi) is 8.34. The molecule has 0 heterocycles. The van der Waals surface area contributed by atoms with Crippen LogP contribution in [0.15, 0.2) is 89.4 Å². The van der Waals surface area contributed by atoms with Gasteiger partial charge in [-0.1, -0.05) is 82.7 Å². The summed E-state index contributed by atoms with van der Waals surface area (Å²) >= 11 is 3.41. The zero-order valence-corrected chi connectivity index (χ0v) is 19.2. The molecule has 0 fully saturated rings. The topological polar surface area (TPSA) is 122 Å². The summed E-state index contributed by atoms with van der Waals surface area (Å²) in [6, 6.07) is 22.3. The zero-order valence-electron chi connectivity index (χ0n) is 17.6. The predicted octanol–water partition coefficient (Wildman–Crippen LogP) is 2.49. The van der Waals surface area contributed by atoms with Crippen LogP contribution in [-0.2, 0) is 16.0 Å². The maximum Gasteiger partial charge on any atom is 0.252 e. The van der Waals surface area contributed by atoms with Crippen LogP contribution in [0.5, 0.6) is 0 Å². The highest BCUT2D eigenvalue weighted by molar-refractivity contribution is 9.10. The molecule has 3 aromatic rings. The number of hydrogen-bond acceptors (Lipinski definition) is 4. The van der Waals surface area contributed by atoms with Gasteiger partial charge in [0.15, 0.2) is 6.10 Å². The van der Waals surface area contributed by atoms with Crippen LogP contribution in [-0.4, -0.2) is 35.0 Å². The molecule has 3 aromatic carbocycles. The fourth-order valence-electron chi connectivity index (χ4n) is 3.33. The third-order valence-electron chi connectivity index (χ3n) is 5.11. The minimum Gasteiger partial charge on any atom is -0.381 e. The van der Waals surface area contributed by atoms with Crippen LogP contribution in [0, 0.1) is 0 Å². The Morgan fingerprint density at radius 3 is 2.03 bits per heavy atom. The molecule has 0 aliphatic rings. The average molecular weight is 510 g/mol. The molecule has 170 valence electrons. The van der Waals surface area contributed by atoms with Gasteiger partial charge in [-0.3, -0.25) is 14.4 Å². The van der Waals surface area contributed by atoms with Crippen LogP contribution in [0.1, 0.15) is 27.5 Å². The number of aliphatic hydroxyl groups is 1. The Balaban J connectivity index is 1.79. The van der Waals surface area contributed by atoms with E-state index < -0.39 is 35.9 Å². The maximum atomic E-state index is 12.9. The highest BCUT2D eigenvalue weighted by Gasteiger charge is 2.32. The monoisotopic (exact) mass is 509 g/mol. The zero-order chi connectivity index (χ0) is 23.8. The molecule has 3 rings (SSSR count). The number of nitrogens with one attached hydrogen (secondary N) is 2. The molecule has 0 saturated carbocycles. The van der Waals surface area contributed by atoms with E-state index in [1.807, 2.05) is 12.1 Å². The lowest BCUT2D eigenvalue weighted by Crippen LogP contribution is -2.52. The van der Waals surface area contributed by atoms with E-state index in [0.29, 0.717) is 11.1 Å². The summed E-state index contributed by atoms with van der Waals surface area (Å²) < 4.78 is 0.767. The molecule has 5 N–H and O–H groups in total. The Hall–Kier alpha value is -3.49. The fraction of sp³-hybridized carbons (Fsp3) is 0.160. The fourth-order valence-corrected chi connectivity index (χ4v) is 3.78. The number of rotatable bonds is 9. The molecule has 0 radical (unpaired) electrons. The van der Waals surface area contributed by atoms with Gasteiger partial charge in [-0.2, -0.15) is 0 Å². The number of hydrogen-bond donors (Lipinski definition) is 4. The van der Waals surface area contributed by atoms with Gasteiger partial charge < -0.3 is 21.5 Å². The van der Waals surface area contributed by atoms with E-state index in [2.05, 4.69) is 26.6 Å². The van der Waals surface area contributed by atoms with E-state index >= 15 is 0 Å². The molecule has 3 amide bonds. The molecule has 0 spiro atoms. The Labute approximate surface area is 200 Å². The van der Waals surface area contributed by atoms with Gasteiger partial charge in [0.1, 0.15) is 6.04 Å². The van der Waals surface area contributed by atoms with Crippen molar-refractivity contribution >= 4 is 33.7 Å². The van der Waals surface area contributed by atoms with E-state index in [0.717, 1.165) is 10.0 Å². The second-order valence-electron chi connectivity index (χ2n) is 7.43. The van der Waals surface area contributed by atoms with E-state index in [4.69, 9.17) is 5.73 Å². The summed E-state index contributed by atoms with van der Waals surface area (Å²) in [7, 11) is 0. The Morgan fingerprint density at radius 2 is 1.42 bits per heavy atom. The standard InChI is InChI=1S/C25H24BrN3O4/c26-19-14-8-7-13-18(19)15-20(23(27)31)28-25(33)22(30)21(16-9-3-1-4-10-16)29-24(32)17-11-5-2-6-12-17/h1-14,20-22,30H,15H2,(H2,27,31)(H,28,33)(H,29,32)/t20-,21+,22-/m1/s1. The van der Waals surface area contributed by atoms with Gasteiger partial charge in [0.2, 0.25) is 5.91 Å². The number of benzene rings is 3. The molecule has 0 aliphatic heterocycles. The number of halogens is 1. The normalized spacial score (nSPS) is 13.4. The summed E-state index contributed by atoms with van der Waals surface area (Å²) in [5, 5.41) is 16.1. The first kappa shape index (κ1) is 24.2. The quantitative estimate of drug-likeness (QED) is 0.354. The van der Waals surface area contributed by atoms with Crippen LogP contribution >= 0.6 is 15.9 Å². The van der Waals surface area contributed by atoms with Crippen LogP contribution in [0.2, 0.25) is 0 Å². The molecular weight excluding hydrogens is 486 g/mol. The molecule has 0 aliphatic carbocycles. The predicted molar refractivity (Wildman–Crippen MR) is 128 cm³/mol. The van der Waals surface area contributed by atoms with Crippen molar-refractivity contribution in [2.24, 2.45) is 5.73 Å². The lowest BCUT2D eigenvalue weighted by molar-refractivity contribution is -0.134. The van der Waals surface area contributed by atoms with Crippen LogP contribution in [0.25, 0.3) is 0 Å². The highest BCUT2D eigenvalue weighted by atomic mass is 79.9. The van der Waals surface area contributed by atoms with E-state index in [-0.39, 0.29) is 6.42 Å². The third kappa shape index (κ3) is 6.50. The maximum absolute atomic E-state index is 12.9. The van der Waals surface area contributed by atoms with Gasteiger partial charge in [-0.15, -0.1) is 0 Å². The number of amides is 3. The Bertz CT molecular complexity index is 1110. The van der Waals surface area contributed by atoms with Crippen LogP contribution in [0.3, 0.4) is 0 Å². The lowest BCUT2D eigenvalue weighted by Gasteiger charge is -2.26. The SMILES string of the molecule is NC(=O)[C@@H](Cc1ccccc1Br)NC(=O)[C@H](O)[C@@H](NC(=O)c1ccccc1)c1ccccc1. The van der Waals surface area contributed by atoms with Gasteiger partial charge in [-0.25, -0.2) is 0 Å². The molecule has 8 heteroatoms. The molecule has 0 bridgehead atoms. The molecule has 3 atom stereocenters. The minimum absolute atomic E-state index is 0.140. The molecule has 0 unspecified atom stereocenters. The molecule has 7 nitrogen and oxygen atoms in total. The first-order valence-electron chi connectivity index (χ1n) is 10.3. The summed E-state index contributed by atoms with van der Waals surface area (Å²) in [6.07, 6.45) is -1.53. The number of primary amides is 1. The number of nitrogens with two attached hydrogens (primary N) is 1. The van der Waals surface area contributed by atoms with Crippen molar-refractivity contribution in [1.82, 2.24) is 10.6 Å². The largest absolute Gasteiger partial charge is 0.381 e. The van der Waals surface area contributed by atoms with Crippen molar-refractivity contribution in [1.29, 1.82) is 0 Å².